The molecule has 1 N–H and O–H groups in total. The number of aromatic nitrogens is 3. The van der Waals surface area contributed by atoms with E-state index in [0.717, 1.165) is 47.8 Å². The van der Waals surface area contributed by atoms with Crippen molar-refractivity contribution in [1.82, 2.24) is 15.1 Å². The van der Waals surface area contributed by atoms with Crippen molar-refractivity contribution in [2.45, 2.75) is 26.7 Å². The highest BCUT2D eigenvalue weighted by Gasteiger charge is 2.27. The van der Waals surface area contributed by atoms with Crippen molar-refractivity contribution < 1.29 is 14.1 Å². The maximum absolute atomic E-state index is 12.9. The lowest BCUT2D eigenvalue weighted by Crippen LogP contribution is -2.41. The standard InChI is InChI=1S/C22H25N5O3/c1-14-11-18(29-3)7-8-19(14)25-21(28)17-5-4-10-27(13-17)20-9-6-16(12-23-20)22-24-15(2)26-30-22/h6-9,11-12,17H,4-5,10,13H2,1-3H3,(H,25,28)/t17-/m0/s1. The molecule has 0 spiro atoms. The molecular weight excluding hydrogens is 382 g/mol. The zero-order valence-electron chi connectivity index (χ0n) is 17.4. The number of methoxy groups -OCH3 is 1. The van der Waals surface area contributed by atoms with Gasteiger partial charge in [-0.25, -0.2) is 4.98 Å². The van der Waals surface area contributed by atoms with Crippen LogP contribution >= 0.6 is 0 Å². The van der Waals surface area contributed by atoms with Gasteiger partial charge in [0.05, 0.1) is 18.6 Å². The number of piperidine rings is 1. The Bertz CT molecular complexity index is 1030. The predicted molar refractivity (Wildman–Crippen MR) is 114 cm³/mol. The second kappa shape index (κ2) is 8.52. The van der Waals surface area contributed by atoms with Gasteiger partial charge >= 0.3 is 0 Å². The van der Waals surface area contributed by atoms with Crippen LogP contribution in [0.3, 0.4) is 0 Å². The molecular formula is C22H25N5O3. The molecule has 0 aliphatic carbocycles. The Morgan fingerprint density at radius 2 is 2.13 bits per heavy atom. The minimum absolute atomic E-state index is 0.0333. The summed E-state index contributed by atoms with van der Waals surface area (Å²) in [5.41, 5.74) is 2.57. The number of amides is 1. The molecule has 0 bridgehead atoms. The highest BCUT2D eigenvalue weighted by molar-refractivity contribution is 5.93. The number of hydrogen-bond acceptors (Lipinski definition) is 7. The summed E-state index contributed by atoms with van der Waals surface area (Å²) in [6.07, 6.45) is 3.52. The van der Waals surface area contributed by atoms with Gasteiger partial charge < -0.3 is 19.5 Å². The van der Waals surface area contributed by atoms with E-state index in [9.17, 15) is 4.79 Å². The van der Waals surface area contributed by atoms with Crippen molar-refractivity contribution in [3.8, 4) is 17.2 Å². The van der Waals surface area contributed by atoms with Gasteiger partial charge in [-0.2, -0.15) is 4.98 Å². The molecule has 1 amide bonds. The number of aryl methyl sites for hydroxylation is 2. The van der Waals surface area contributed by atoms with Gasteiger partial charge in [-0.3, -0.25) is 4.79 Å². The Hall–Kier alpha value is -3.42. The Balaban J connectivity index is 1.42. The second-order valence-corrected chi connectivity index (χ2v) is 7.51. The second-order valence-electron chi connectivity index (χ2n) is 7.51. The quantitative estimate of drug-likeness (QED) is 0.690. The number of ether oxygens (including phenoxy) is 1. The molecule has 1 saturated heterocycles. The SMILES string of the molecule is COc1ccc(NC(=O)[C@H]2CCCN(c3ccc(-c4nc(C)no4)cn3)C2)c(C)c1. The van der Waals surface area contributed by atoms with Crippen LogP contribution in [-0.2, 0) is 4.79 Å². The number of nitrogens with one attached hydrogen (secondary N) is 1. The molecule has 8 heteroatoms. The molecule has 1 aliphatic rings. The van der Waals surface area contributed by atoms with Crippen molar-refractivity contribution in [1.29, 1.82) is 0 Å². The topological polar surface area (TPSA) is 93.4 Å². The summed E-state index contributed by atoms with van der Waals surface area (Å²) in [4.78, 5) is 23.8. The Labute approximate surface area is 175 Å². The summed E-state index contributed by atoms with van der Waals surface area (Å²) in [6, 6.07) is 9.50. The van der Waals surface area contributed by atoms with Crippen molar-refractivity contribution >= 4 is 17.4 Å². The van der Waals surface area contributed by atoms with Crippen LogP contribution in [0.25, 0.3) is 11.5 Å². The zero-order valence-corrected chi connectivity index (χ0v) is 17.4. The van der Waals surface area contributed by atoms with Crippen LogP contribution in [0.15, 0.2) is 41.1 Å². The summed E-state index contributed by atoms with van der Waals surface area (Å²) >= 11 is 0. The molecule has 8 nitrogen and oxygen atoms in total. The van der Waals surface area contributed by atoms with Crippen molar-refractivity contribution in [2.75, 3.05) is 30.4 Å². The summed E-state index contributed by atoms with van der Waals surface area (Å²) < 4.78 is 10.4. The largest absolute Gasteiger partial charge is 0.497 e. The maximum Gasteiger partial charge on any atom is 0.259 e. The van der Waals surface area contributed by atoms with Crippen LogP contribution in [-0.4, -0.2) is 41.2 Å². The lowest BCUT2D eigenvalue weighted by Gasteiger charge is -2.33. The number of carbonyl (C=O) groups is 1. The van der Waals surface area contributed by atoms with Gasteiger partial charge in [0.1, 0.15) is 11.6 Å². The molecule has 3 heterocycles. The number of carbonyl (C=O) groups excluding carboxylic acids is 1. The Morgan fingerprint density at radius 3 is 2.80 bits per heavy atom. The fraction of sp³-hybridized carbons (Fsp3) is 0.364. The molecule has 4 rings (SSSR count). The molecule has 30 heavy (non-hydrogen) atoms. The fourth-order valence-corrected chi connectivity index (χ4v) is 3.65. The molecule has 0 saturated carbocycles. The third-order valence-corrected chi connectivity index (χ3v) is 5.33. The maximum atomic E-state index is 12.9. The highest BCUT2D eigenvalue weighted by atomic mass is 16.5. The van der Waals surface area contributed by atoms with Crippen molar-refractivity contribution in [3.63, 3.8) is 0 Å². The first-order chi connectivity index (χ1) is 14.5. The van der Waals surface area contributed by atoms with Gasteiger partial charge in [-0.05, 0) is 62.6 Å². The van der Waals surface area contributed by atoms with E-state index in [2.05, 4.69) is 25.3 Å². The van der Waals surface area contributed by atoms with Crippen LogP contribution in [0.5, 0.6) is 5.75 Å². The van der Waals surface area contributed by atoms with E-state index in [-0.39, 0.29) is 11.8 Å². The molecule has 1 aliphatic heterocycles. The van der Waals surface area contributed by atoms with Crippen molar-refractivity contribution in [3.05, 3.63) is 47.9 Å². The number of hydrogen-bond donors (Lipinski definition) is 1. The minimum Gasteiger partial charge on any atom is -0.497 e. The van der Waals surface area contributed by atoms with Crippen LogP contribution in [0.4, 0.5) is 11.5 Å². The highest BCUT2D eigenvalue weighted by Crippen LogP contribution is 2.26. The first-order valence-corrected chi connectivity index (χ1v) is 10.0. The molecule has 1 atom stereocenters. The fourth-order valence-electron chi connectivity index (χ4n) is 3.65. The minimum atomic E-state index is -0.0969. The molecule has 1 aromatic carbocycles. The third-order valence-electron chi connectivity index (χ3n) is 5.33. The number of nitrogens with zero attached hydrogens (tertiary/aromatic N) is 4. The summed E-state index contributed by atoms with van der Waals surface area (Å²) in [5.74, 6) is 2.60. The predicted octanol–water partition coefficient (Wildman–Crippen LogP) is 3.61. The lowest BCUT2D eigenvalue weighted by atomic mass is 9.96. The average molecular weight is 407 g/mol. The van der Waals surface area contributed by atoms with E-state index < -0.39 is 0 Å². The summed E-state index contributed by atoms with van der Waals surface area (Å²) in [5, 5.41) is 6.88. The summed E-state index contributed by atoms with van der Waals surface area (Å²) in [6.45, 7) is 5.24. The first kappa shape index (κ1) is 19.9. The smallest absolute Gasteiger partial charge is 0.259 e. The zero-order chi connectivity index (χ0) is 21.1. The number of anilines is 2. The normalized spacial score (nSPS) is 16.4. The van der Waals surface area contributed by atoms with Gasteiger partial charge in [0.2, 0.25) is 5.91 Å². The van der Waals surface area contributed by atoms with Gasteiger partial charge in [0.25, 0.3) is 5.89 Å². The van der Waals surface area contributed by atoms with E-state index >= 15 is 0 Å². The average Bonchev–Trinajstić information content (AvgIpc) is 3.21. The van der Waals surface area contributed by atoms with E-state index in [4.69, 9.17) is 9.26 Å². The number of benzene rings is 1. The first-order valence-electron chi connectivity index (χ1n) is 10.0. The summed E-state index contributed by atoms with van der Waals surface area (Å²) in [7, 11) is 1.63. The molecule has 3 aromatic rings. The van der Waals surface area contributed by atoms with Crippen LogP contribution in [0.1, 0.15) is 24.2 Å². The number of pyridine rings is 1. The van der Waals surface area contributed by atoms with Crippen molar-refractivity contribution in [2.24, 2.45) is 5.92 Å². The molecule has 156 valence electrons. The lowest BCUT2D eigenvalue weighted by molar-refractivity contribution is -0.120. The van der Waals surface area contributed by atoms with Gasteiger partial charge in [0.15, 0.2) is 5.82 Å². The van der Waals surface area contributed by atoms with Crippen LogP contribution < -0.4 is 15.0 Å². The Kier molecular flexibility index (Phi) is 5.65. The van der Waals surface area contributed by atoms with Crippen LogP contribution in [0, 0.1) is 19.8 Å². The van der Waals surface area contributed by atoms with Crippen LogP contribution in [0.2, 0.25) is 0 Å². The van der Waals surface area contributed by atoms with Gasteiger partial charge in [0, 0.05) is 25.0 Å². The monoisotopic (exact) mass is 407 g/mol. The third kappa shape index (κ3) is 4.27. The Morgan fingerprint density at radius 1 is 1.27 bits per heavy atom. The van der Waals surface area contributed by atoms with Gasteiger partial charge in [-0.15, -0.1) is 0 Å². The van der Waals surface area contributed by atoms with Gasteiger partial charge in [-0.1, -0.05) is 5.16 Å². The molecule has 2 aromatic heterocycles. The number of rotatable bonds is 5. The molecule has 0 unspecified atom stereocenters. The van der Waals surface area contributed by atoms with E-state index in [1.807, 2.05) is 37.3 Å². The molecule has 1 fully saturated rings. The van der Waals surface area contributed by atoms with E-state index in [0.29, 0.717) is 18.3 Å². The van der Waals surface area contributed by atoms with E-state index in [1.165, 1.54) is 0 Å². The van der Waals surface area contributed by atoms with E-state index in [1.54, 1.807) is 20.2 Å². The molecule has 0 radical (unpaired) electrons.